The Morgan fingerprint density at radius 3 is 2.88 bits per heavy atom. The molecule has 0 fully saturated rings. The summed E-state index contributed by atoms with van der Waals surface area (Å²) in [5.41, 5.74) is 6.03. The Kier molecular flexibility index (Phi) is 3.10. The first kappa shape index (κ1) is 11.2. The second kappa shape index (κ2) is 4.71. The highest BCUT2D eigenvalue weighted by Crippen LogP contribution is 2.08. The molecule has 7 nitrogen and oxygen atoms in total. The molecule has 1 unspecified atom stereocenters. The number of nitrogens with one attached hydrogen (secondary N) is 1. The van der Waals surface area contributed by atoms with Crippen LogP contribution in [0.4, 0.5) is 5.69 Å². The van der Waals surface area contributed by atoms with E-state index in [2.05, 4.69) is 20.4 Å². The lowest BCUT2D eigenvalue weighted by molar-refractivity contribution is -0.117. The van der Waals surface area contributed by atoms with Crippen molar-refractivity contribution in [3.63, 3.8) is 0 Å². The van der Waals surface area contributed by atoms with Crippen LogP contribution < -0.4 is 11.1 Å². The third-order valence-electron chi connectivity index (χ3n) is 2.08. The van der Waals surface area contributed by atoms with Crippen LogP contribution in [0.25, 0.3) is 5.82 Å². The van der Waals surface area contributed by atoms with Crippen molar-refractivity contribution in [2.75, 3.05) is 5.32 Å². The molecule has 88 valence electrons. The maximum Gasteiger partial charge on any atom is 0.241 e. The van der Waals surface area contributed by atoms with Gasteiger partial charge in [-0.25, -0.2) is 14.6 Å². The quantitative estimate of drug-likeness (QED) is 0.772. The number of nitrogens with zero attached hydrogens (tertiary/aromatic N) is 4. The molecular weight excluding hydrogens is 220 g/mol. The van der Waals surface area contributed by atoms with E-state index in [-0.39, 0.29) is 5.91 Å². The van der Waals surface area contributed by atoms with Crippen LogP contribution in [-0.4, -0.2) is 31.7 Å². The van der Waals surface area contributed by atoms with Gasteiger partial charge in [-0.2, -0.15) is 5.10 Å². The number of rotatable bonds is 3. The molecule has 0 aliphatic heterocycles. The number of hydrogen-bond acceptors (Lipinski definition) is 5. The van der Waals surface area contributed by atoms with E-state index in [0.29, 0.717) is 11.5 Å². The standard InChI is InChI=1S/C10H12N6O/c1-7(11)10(17)15-8-2-3-9(13-4-8)16-6-12-5-14-16/h2-7H,11H2,1H3,(H,15,17). The van der Waals surface area contributed by atoms with Gasteiger partial charge in [-0.3, -0.25) is 4.79 Å². The van der Waals surface area contributed by atoms with Gasteiger partial charge in [0.1, 0.15) is 12.7 Å². The summed E-state index contributed by atoms with van der Waals surface area (Å²) >= 11 is 0. The van der Waals surface area contributed by atoms with Crippen LogP contribution >= 0.6 is 0 Å². The number of amides is 1. The molecule has 0 radical (unpaired) electrons. The molecule has 2 rings (SSSR count). The van der Waals surface area contributed by atoms with Crippen molar-refractivity contribution in [1.29, 1.82) is 0 Å². The van der Waals surface area contributed by atoms with Crippen molar-refractivity contribution in [3.8, 4) is 5.82 Å². The Balaban J connectivity index is 2.11. The number of nitrogens with two attached hydrogens (primary N) is 1. The lowest BCUT2D eigenvalue weighted by Crippen LogP contribution is -2.32. The zero-order valence-corrected chi connectivity index (χ0v) is 9.24. The van der Waals surface area contributed by atoms with Crippen molar-refractivity contribution in [3.05, 3.63) is 31.0 Å². The molecule has 0 aliphatic carbocycles. The highest BCUT2D eigenvalue weighted by atomic mass is 16.2. The molecule has 0 saturated heterocycles. The molecule has 0 aromatic carbocycles. The van der Waals surface area contributed by atoms with Crippen molar-refractivity contribution in [2.45, 2.75) is 13.0 Å². The molecule has 17 heavy (non-hydrogen) atoms. The Morgan fingerprint density at radius 1 is 1.53 bits per heavy atom. The van der Waals surface area contributed by atoms with E-state index in [1.165, 1.54) is 17.2 Å². The predicted molar refractivity (Wildman–Crippen MR) is 61.4 cm³/mol. The molecule has 2 aromatic heterocycles. The van der Waals surface area contributed by atoms with Gasteiger partial charge in [0, 0.05) is 0 Å². The number of hydrogen-bond donors (Lipinski definition) is 2. The van der Waals surface area contributed by atoms with Gasteiger partial charge in [-0.05, 0) is 19.1 Å². The molecule has 2 heterocycles. The minimum atomic E-state index is -0.551. The van der Waals surface area contributed by atoms with Gasteiger partial charge in [-0.1, -0.05) is 0 Å². The second-order valence-electron chi connectivity index (χ2n) is 3.52. The average Bonchev–Trinajstić information content (AvgIpc) is 2.83. The van der Waals surface area contributed by atoms with Crippen LogP contribution in [0, 0.1) is 0 Å². The number of carbonyl (C=O) groups excluding carboxylic acids is 1. The average molecular weight is 232 g/mol. The molecule has 1 amide bonds. The second-order valence-corrected chi connectivity index (χ2v) is 3.52. The van der Waals surface area contributed by atoms with Crippen LogP contribution in [-0.2, 0) is 4.79 Å². The first-order valence-corrected chi connectivity index (χ1v) is 5.04. The Morgan fingerprint density at radius 2 is 2.35 bits per heavy atom. The molecule has 0 bridgehead atoms. The van der Waals surface area contributed by atoms with E-state index in [1.54, 1.807) is 25.4 Å². The molecule has 0 saturated carbocycles. The third kappa shape index (κ3) is 2.64. The van der Waals surface area contributed by atoms with Crippen LogP contribution in [0.15, 0.2) is 31.0 Å². The molecule has 0 spiro atoms. The summed E-state index contributed by atoms with van der Waals surface area (Å²) in [5.74, 6) is 0.376. The molecular formula is C10H12N6O. The lowest BCUT2D eigenvalue weighted by Gasteiger charge is -2.07. The van der Waals surface area contributed by atoms with Crippen LogP contribution in [0.3, 0.4) is 0 Å². The number of carbonyl (C=O) groups is 1. The first-order chi connectivity index (χ1) is 8.16. The van der Waals surface area contributed by atoms with Crippen molar-refractivity contribution < 1.29 is 4.79 Å². The number of pyridine rings is 1. The summed E-state index contributed by atoms with van der Waals surface area (Å²) < 4.78 is 1.52. The van der Waals surface area contributed by atoms with Gasteiger partial charge in [0.05, 0.1) is 17.9 Å². The van der Waals surface area contributed by atoms with Gasteiger partial charge in [0.25, 0.3) is 0 Å². The fourth-order valence-electron chi connectivity index (χ4n) is 1.18. The Labute approximate surface area is 97.7 Å². The lowest BCUT2D eigenvalue weighted by atomic mass is 10.3. The fraction of sp³-hybridized carbons (Fsp3) is 0.200. The minimum absolute atomic E-state index is 0.250. The Hall–Kier alpha value is -2.28. The van der Waals surface area contributed by atoms with Crippen molar-refractivity contribution >= 4 is 11.6 Å². The minimum Gasteiger partial charge on any atom is -0.323 e. The topological polar surface area (TPSA) is 98.7 Å². The number of anilines is 1. The summed E-state index contributed by atoms with van der Waals surface area (Å²) in [6, 6.07) is 2.90. The van der Waals surface area contributed by atoms with Gasteiger partial charge in [0.2, 0.25) is 5.91 Å². The Bertz CT molecular complexity index is 490. The zero-order valence-electron chi connectivity index (χ0n) is 9.24. The largest absolute Gasteiger partial charge is 0.323 e. The summed E-state index contributed by atoms with van der Waals surface area (Å²) in [6.07, 6.45) is 4.51. The van der Waals surface area contributed by atoms with Gasteiger partial charge < -0.3 is 11.1 Å². The summed E-state index contributed by atoms with van der Waals surface area (Å²) in [6.45, 7) is 1.62. The summed E-state index contributed by atoms with van der Waals surface area (Å²) in [5, 5.41) is 6.58. The molecule has 0 aliphatic rings. The van der Waals surface area contributed by atoms with Crippen LogP contribution in [0.2, 0.25) is 0 Å². The van der Waals surface area contributed by atoms with E-state index in [4.69, 9.17) is 5.73 Å². The van der Waals surface area contributed by atoms with E-state index in [1.807, 2.05) is 0 Å². The van der Waals surface area contributed by atoms with E-state index in [0.717, 1.165) is 0 Å². The van der Waals surface area contributed by atoms with E-state index in [9.17, 15) is 4.79 Å². The van der Waals surface area contributed by atoms with Crippen LogP contribution in [0.5, 0.6) is 0 Å². The molecule has 2 aromatic rings. The molecule has 1 atom stereocenters. The molecule has 3 N–H and O–H groups in total. The van der Waals surface area contributed by atoms with Crippen molar-refractivity contribution in [2.24, 2.45) is 5.73 Å². The fourth-order valence-corrected chi connectivity index (χ4v) is 1.18. The normalized spacial score (nSPS) is 12.1. The smallest absolute Gasteiger partial charge is 0.241 e. The predicted octanol–water partition coefficient (Wildman–Crippen LogP) is -0.0520. The van der Waals surface area contributed by atoms with Crippen molar-refractivity contribution in [1.82, 2.24) is 19.7 Å². The van der Waals surface area contributed by atoms with Gasteiger partial charge in [-0.15, -0.1) is 0 Å². The maximum atomic E-state index is 11.3. The van der Waals surface area contributed by atoms with Crippen LogP contribution in [0.1, 0.15) is 6.92 Å². The van der Waals surface area contributed by atoms with E-state index < -0.39 is 6.04 Å². The summed E-state index contributed by atoms with van der Waals surface area (Å²) in [4.78, 5) is 19.3. The highest BCUT2D eigenvalue weighted by Gasteiger charge is 2.07. The first-order valence-electron chi connectivity index (χ1n) is 5.04. The molecule has 7 heteroatoms. The SMILES string of the molecule is CC(N)C(=O)Nc1ccc(-n2cncn2)nc1. The monoisotopic (exact) mass is 232 g/mol. The maximum absolute atomic E-state index is 11.3. The van der Waals surface area contributed by atoms with E-state index >= 15 is 0 Å². The van der Waals surface area contributed by atoms with Gasteiger partial charge in [0.15, 0.2) is 5.82 Å². The van der Waals surface area contributed by atoms with Gasteiger partial charge >= 0.3 is 0 Å². The number of aromatic nitrogens is 4. The highest BCUT2D eigenvalue weighted by molar-refractivity contribution is 5.94. The third-order valence-corrected chi connectivity index (χ3v) is 2.08. The zero-order chi connectivity index (χ0) is 12.3. The summed E-state index contributed by atoms with van der Waals surface area (Å²) in [7, 11) is 0.